The number of hydrogen-bond donors (Lipinski definition) is 2. The highest BCUT2D eigenvalue weighted by molar-refractivity contribution is 7.71. The van der Waals surface area contributed by atoms with Crippen molar-refractivity contribution in [3.05, 3.63) is 63.2 Å². The maximum atomic E-state index is 12.8. The van der Waals surface area contributed by atoms with Crippen molar-refractivity contribution in [2.45, 2.75) is 6.04 Å². The molecule has 0 aliphatic carbocycles. The second-order valence-electron chi connectivity index (χ2n) is 5.23. The number of benzene rings is 1. The van der Waals surface area contributed by atoms with E-state index in [1.807, 2.05) is 30.3 Å². The smallest absolute Gasteiger partial charge is 0.274 e. The standard InChI is InChI=1S/C16H16N4O3S/c1-19(23-2)15(22)13(10-6-4-3-5-7-10)20-9-8-11-12(16(20)24)14(21)18-17-11/h3-9,13H,1-2H3,(H2,17,18,21). The lowest BCUT2D eigenvalue weighted by molar-refractivity contribution is -0.171. The zero-order valence-electron chi connectivity index (χ0n) is 13.1. The lowest BCUT2D eigenvalue weighted by Gasteiger charge is -2.24. The van der Waals surface area contributed by atoms with E-state index in [4.69, 9.17) is 17.1 Å². The molecule has 2 N–H and O–H groups in total. The first-order valence-corrected chi connectivity index (χ1v) is 7.63. The number of aromatic amines is 2. The largest absolute Gasteiger partial charge is 0.322 e. The van der Waals surface area contributed by atoms with Crippen LogP contribution >= 0.6 is 12.2 Å². The van der Waals surface area contributed by atoms with E-state index < -0.39 is 6.04 Å². The number of nitrogens with zero attached hydrogens (tertiary/aromatic N) is 2. The molecule has 2 aromatic heterocycles. The lowest BCUT2D eigenvalue weighted by atomic mass is 10.1. The molecule has 8 heteroatoms. The number of carbonyl (C=O) groups excluding carboxylic acids is 1. The molecule has 1 unspecified atom stereocenters. The van der Waals surface area contributed by atoms with Gasteiger partial charge < -0.3 is 4.57 Å². The number of H-pyrrole nitrogens is 2. The Labute approximate surface area is 142 Å². The number of amides is 1. The summed E-state index contributed by atoms with van der Waals surface area (Å²) in [5.74, 6) is -0.300. The highest BCUT2D eigenvalue weighted by Gasteiger charge is 2.26. The average Bonchev–Trinajstić information content (AvgIpc) is 2.99. The Kier molecular flexibility index (Phi) is 4.32. The molecule has 1 aromatic carbocycles. The zero-order valence-corrected chi connectivity index (χ0v) is 14.0. The SMILES string of the molecule is CON(C)C(=O)C(c1ccccc1)n1ccc2[nH][nH]c(=O)c2c1=S. The first-order chi connectivity index (χ1) is 11.5. The fourth-order valence-corrected chi connectivity index (χ4v) is 2.95. The molecule has 24 heavy (non-hydrogen) atoms. The zero-order chi connectivity index (χ0) is 17.3. The molecule has 2 heterocycles. The van der Waals surface area contributed by atoms with Crippen molar-refractivity contribution in [2.75, 3.05) is 14.2 Å². The van der Waals surface area contributed by atoms with Crippen LogP contribution in [0.25, 0.3) is 10.9 Å². The molecule has 0 spiro atoms. The van der Waals surface area contributed by atoms with Crippen LogP contribution in [0.5, 0.6) is 0 Å². The summed E-state index contributed by atoms with van der Waals surface area (Å²) in [4.78, 5) is 29.8. The summed E-state index contributed by atoms with van der Waals surface area (Å²) in [6.07, 6.45) is 1.69. The molecule has 0 saturated carbocycles. The fraction of sp³-hybridized carbons (Fsp3) is 0.188. The molecule has 3 aromatic rings. The molecule has 1 amide bonds. The topological polar surface area (TPSA) is 83.1 Å². The second-order valence-corrected chi connectivity index (χ2v) is 5.61. The Balaban J connectivity index is 2.25. The van der Waals surface area contributed by atoms with Gasteiger partial charge in [0.15, 0.2) is 0 Å². The molecular formula is C16H16N4O3S. The fourth-order valence-electron chi connectivity index (χ4n) is 2.58. The number of aromatic nitrogens is 3. The van der Waals surface area contributed by atoms with E-state index in [0.29, 0.717) is 10.9 Å². The van der Waals surface area contributed by atoms with Crippen molar-refractivity contribution in [1.82, 2.24) is 19.8 Å². The van der Waals surface area contributed by atoms with Crippen molar-refractivity contribution in [1.29, 1.82) is 0 Å². The van der Waals surface area contributed by atoms with Gasteiger partial charge >= 0.3 is 0 Å². The van der Waals surface area contributed by atoms with E-state index in [0.717, 1.165) is 10.6 Å². The van der Waals surface area contributed by atoms with Gasteiger partial charge in [0.25, 0.3) is 11.5 Å². The van der Waals surface area contributed by atoms with Crippen molar-refractivity contribution < 1.29 is 9.63 Å². The molecule has 1 atom stereocenters. The summed E-state index contributed by atoms with van der Waals surface area (Å²) in [5.41, 5.74) is 1.03. The van der Waals surface area contributed by atoms with E-state index in [1.165, 1.54) is 14.2 Å². The quantitative estimate of drug-likeness (QED) is 0.560. The van der Waals surface area contributed by atoms with Gasteiger partial charge in [0.05, 0.1) is 12.6 Å². The summed E-state index contributed by atoms with van der Waals surface area (Å²) < 4.78 is 1.88. The molecule has 0 aliphatic rings. The van der Waals surface area contributed by atoms with Gasteiger partial charge in [-0.05, 0) is 11.6 Å². The van der Waals surface area contributed by atoms with Crippen molar-refractivity contribution in [3.8, 4) is 0 Å². The third kappa shape index (κ3) is 2.66. The van der Waals surface area contributed by atoms with E-state index >= 15 is 0 Å². The lowest BCUT2D eigenvalue weighted by Crippen LogP contribution is -2.34. The van der Waals surface area contributed by atoms with Gasteiger partial charge in [-0.2, -0.15) is 0 Å². The highest BCUT2D eigenvalue weighted by atomic mass is 32.1. The number of likely N-dealkylation sites (N-methyl/N-ethyl adjacent to an activating group) is 1. The van der Waals surface area contributed by atoms with Gasteiger partial charge in [0, 0.05) is 13.2 Å². The number of carbonyl (C=O) groups is 1. The van der Waals surface area contributed by atoms with Gasteiger partial charge in [-0.1, -0.05) is 42.5 Å². The van der Waals surface area contributed by atoms with Crippen molar-refractivity contribution >= 4 is 29.0 Å². The molecule has 0 saturated heterocycles. The van der Waals surface area contributed by atoms with E-state index in [-0.39, 0.29) is 16.1 Å². The Bertz CT molecular complexity index is 990. The van der Waals surface area contributed by atoms with E-state index in [1.54, 1.807) is 16.8 Å². The van der Waals surface area contributed by atoms with Crippen LogP contribution in [-0.4, -0.2) is 39.9 Å². The van der Waals surface area contributed by atoms with Gasteiger partial charge in [0.1, 0.15) is 16.1 Å². The number of nitrogens with one attached hydrogen (secondary N) is 2. The third-order valence-electron chi connectivity index (χ3n) is 3.87. The summed E-state index contributed by atoms with van der Waals surface area (Å²) in [6, 6.07) is 10.2. The van der Waals surface area contributed by atoms with Crippen LogP contribution in [-0.2, 0) is 9.63 Å². The van der Waals surface area contributed by atoms with Crippen LogP contribution in [0.15, 0.2) is 47.4 Å². The molecule has 3 rings (SSSR count). The number of hydroxylamine groups is 2. The molecule has 124 valence electrons. The molecular weight excluding hydrogens is 328 g/mol. The summed E-state index contributed by atoms with van der Waals surface area (Å²) in [7, 11) is 2.95. The van der Waals surface area contributed by atoms with Gasteiger partial charge in [-0.25, -0.2) is 5.06 Å². The van der Waals surface area contributed by atoms with Crippen LogP contribution in [0.4, 0.5) is 0 Å². The minimum absolute atomic E-state index is 0.279. The van der Waals surface area contributed by atoms with Gasteiger partial charge in [-0.3, -0.25) is 24.6 Å². The Morgan fingerprint density at radius 3 is 2.62 bits per heavy atom. The number of rotatable bonds is 4. The maximum absolute atomic E-state index is 12.8. The molecule has 7 nitrogen and oxygen atoms in total. The predicted molar refractivity (Wildman–Crippen MR) is 92.1 cm³/mol. The number of fused-ring (bicyclic) bond motifs is 1. The highest BCUT2D eigenvalue weighted by Crippen LogP contribution is 2.23. The van der Waals surface area contributed by atoms with Crippen molar-refractivity contribution in [3.63, 3.8) is 0 Å². The summed E-state index contributed by atoms with van der Waals surface area (Å²) in [5, 5.41) is 6.76. The normalized spacial score (nSPS) is 12.2. The van der Waals surface area contributed by atoms with Crippen LogP contribution in [0.2, 0.25) is 0 Å². The minimum atomic E-state index is -0.734. The first kappa shape index (κ1) is 16.2. The van der Waals surface area contributed by atoms with E-state index in [9.17, 15) is 9.59 Å². The number of pyridine rings is 1. The molecule has 0 fully saturated rings. The van der Waals surface area contributed by atoms with Crippen LogP contribution in [0.3, 0.4) is 0 Å². The maximum Gasteiger partial charge on any atom is 0.274 e. The first-order valence-electron chi connectivity index (χ1n) is 7.22. The second kappa shape index (κ2) is 6.42. The Morgan fingerprint density at radius 2 is 1.96 bits per heavy atom. The predicted octanol–water partition coefficient (Wildman–Crippen LogP) is 2.00. The average molecular weight is 344 g/mol. The Hall–Kier alpha value is -2.71. The van der Waals surface area contributed by atoms with Crippen LogP contribution < -0.4 is 5.56 Å². The summed E-state index contributed by atoms with van der Waals surface area (Å²) >= 11 is 5.46. The molecule has 0 aliphatic heterocycles. The Morgan fingerprint density at radius 1 is 1.25 bits per heavy atom. The monoisotopic (exact) mass is 344 g/mol. The van der Waals surface area contributed by atoms with Gasteiger partial charge in [0.2, 0.25) is 0 Å². The van der Waals surface area contributed by atoms with Crippen molar-refractivity contribution in [2.24, 2.45) is 0 Å². The third-order valence-corrected chi connectivity index (χ3v) is 4.28. The molecule has 0 radical (unpaired) electrons. The van der Waals surface area contributed by atoms with Crippen LogP contribution in [0.1, 0.15) is 11.6 Å². The van der Waals surface area contributed by atoms with Gasteiger partial charge in [-0.15, -0.1) is 0 Å². The summed E-state index contributed by atoms with van der Waals surface area (Å²) in [6.45, 7) is 0. The number of hydrogen-bond acceptors (Lipinski definition) is 4. The van der Waals surface area contributed by atoms with E-state index in [2.05, 4.69) is 10.2 Å². The minimum Gasteiger partial charge on any atom is -0.322 e. The van der Waals surface area contributed by atoms with Crippen LogP contribution in [0, 0.1) is 4.64 Å². The molecule has 0 bridgehead atoms.